The highest BCUT2D eigenvalue weighted by atomic mass is 16.5. The van der Waals surface area contributed by atoms with Crippen molar-refractivity contribution in [1.82, 2.24) is 9.55 Å². The van der Waals surface area contributed by atoms with E-state index in [1.165, 1.54) is 0 Å². The third-order valence-corrected chi connectivity index (χ3v) is 3.11. The average molecular weight is 276 g/mol. The number of hydrogen-bond donors (Lipinski definition) is 0. The molecule has 0 saturated carbocycles. The van der Waals surface area contributed by atoms with E-state index in [-0.39, 0.29) is 0 Å². The molecule has 0 N–H and O–H groups in total. The Kier molecular flexibility index (Phi) is 5.01. The summed E-state index contributed by atoms with van der Waals surface area (Å²) in [4.78, 5) is 4.44. The first-order valence-electron chi connectivity index (χ1n) is 6.53. The van der Waals surface area contributed by atoms with Gasteiger partial charge in [-0.2, -0.15) is 0 Å². The molecule has 20 heavy (non-hydrogen) atoms. The van der Waals surface area contributed by atoms with E-state index in [2.05, 4.69) is 9.55 Å². The van der Waals surface area contributed by atoms with Crippen molar-refractivity contribution < 1.29 is 14.2 Å². The molecule has 0 aliphatic carbocycles. The van der Waals surface area contributed by atoms with Crippen LogP contribution in [0.4, 0.5) is 0 Å². The molecule has 5 nitrogen and oxygen atoms in total. The van der Waals surface area contributed by atoms with E-state index < -0.39 is 0 Å². The van der Waals surface area contributed by atoms with Crippen molar-refractivity contribution in [3.63, 3.8) is 0 Å². The van der Waals surface area contributed by atoms with Gasteiger partial charge in [-0.15, -0.1) is 0 Å². The molecule has 0 amide bonds. The van der Waals surface area contributed by atoms with E-state index in [1.54, 1.807) is 27.5 Å². The van der Waals surface area contributed by atoms with Gasteiger partial charge in [-0.25, -0.2) is 4.98 Å². The Morgan fingerprint density at radius 2 is 2.00 bits per heavy atom. The molecule has 1 heterocycles. The molecular weight excluding hydrogens is 256 g/mol. The van der Waals surface area contributed by atoms with Gasteiger partial charge in [-0.3, -0.25) is 0 Å². The first kappa shape index (κ1) is 14.4. The number of rotatable bonds is 7. The van der Waals surface area contributed by atoms with Crippen molar-refractivity contribution in [2.75, 3.05) is 27.9 Å². The highest BCUT2D eigenvalue weighted by Gasteiger charge is 2.15. The molecule has 2 aromatic rings. The lowest BCUT2D eigenvalue weighted by atomic mass is 10.1. The third-order valence-electron chi connectivity index (χ3n) is 3.11. The van der Waals surface area contributed by atoms with Crippen molar-refractivity contribution in [3.8, 4) is 22.9 Å². The number of methoxy groups -OCH3 is 3. The molecular formula is C15H20N2O3. The Balaban J connectivity index is 2.34. The van der Waals surface area contributed by atoms with Gasteiger partial charge < -0.3 is 18.8 Å². The normalized spacial score (nSPS) is 10.6. The first-order valence-corrected chi connectivity index (χ1v) is 6.53. The molecule has 2 rings (SSSR count). The SMILES string of the molecule is COCCCn1ccnc1-c1cccc(OC)c1OC. The molecule has 0 aliphatic rings. The molecule has 108 valence electrons. The summed E-state index contributed by atoms with van der Waals surface area (Å²) in [5.74, 6) is 2.28. The summed E-state index contributed by atoms with van der Waals surface area (Å²) < 4.78 is 18.0. The predicted octanol–water partition coefficient (Wildman–Crippen LogP) is 2.60. The zero-order valence-corrected chi connectivity index (χ0v) is 12.1. The van der Waals surface area contributed by atoms with E-state index in [4.69, 9.17) is 14.2 Å². The summed E-state index contributed by atoms with van der Waals surface area (Å²) in [5.41, 5.74) is 0.925. The molecule has 1 aromatic heterocycles. The Morgan fingerprint density at radius 3 is 2.70 bits per heavy atom. The van der Waals surface area contributed by atoms with Crippen molar-refractivity contribution in [1.29, 1.82) is 0 Å². The fraction of sp³-hybridized carbons (Fsp3) is 0.400. The fourth-order valence-corrected chi connectivity index (χ4v) is 2.18. The maximum atomic E-state index is 5.47. The monoisotopic (exact) mass is 276 g/mol. The van der Waals surface area contributed by atoms with Gasteiger partial charge in [0.25, 0.3) is 0 Å². The standard InChI is InChI=1S/C15H20N2O3/c1-18-11-5-9-17-10-8-16-15(17)12-6-4-7-13(19-2)14(12)20-3/h4,6-8,10H,5,9,11H2,1-3H3. The second kappa shape index (κ2) is 6.96. The van der Waals surface area contributed by atoms with Crippen LogP contribution in [-0.2, 0) is 11.3 Å². The van der Waals surface area contributed by atoms with E-state index in [1.807, 2.05) is 24.4 Å². The highest BCUT2D eigenvalue weighted by molar-refractivity contribution is 5.69. The van der Waals surface area contributed by atoms with Gasteiger partial charge in [-0.05, 0) is 18.6 Å². The summed E-state index contributed by atoms with van der Waals surface area (Å²) >= 11 is 0. The Hall–Kier alpha value is -2.01. The molecule has 0 spiro atoms. The number of imidazole rings is 1. The summed E-state index contributed by atoms with van der Waals surface area (Å²) in [6, 6.07) is 5.79. The number of nitrogens with zero attached hydrogens (tertiary/aromatic N) is 2. The van der Waals surface area contributed by atoms with Crippen LogP contribution >= 0.6 is 0 Å². The van der Waals surface area contributed by atoms with Gasteiger partial charge >= 0.3 is 0 Å². The Bertz CT molecular complexity index is 552. The zero-order chi connectivity index (χ0) is 14.4. The second-order valence-corrected chi connectivity index (χ2v) is 4.33. The van der Waals surface area contributed by atoms with E-state index >= 15 is 0 Å². The number of para-hydroxylation sites is 1. The topological polar surface area (TPSA) is 45.5 Å². The number of aromatic nitrogens is 2. The van der Waals surface area contributed by atoms with Gasteiger partial charge in [0.2, 0.25) is 0 Å². The van der Waals surface area contributed by atoms with Gasteiger partial charge in [0.1, 0.15) is 5.82 Å². The lowest BCUT2D eigenvalue weighted by Gasteiger charge is -2.13. The van der Waals surface area contributed by atoms with Crippen LogP contribution in [-0.4, -0.2) is 37.5 Å². The molecule has 5 heteroatoms. The first-order chi connectivity index (χ1) is 9.81. The maximum absolute atomic E-state index is 5.47. The molecule has 1 aromatic carbocycles. The van der Waals surface area contributed by atoms with Crippen molar-refractivity contribution in [2.24, 2.45) is 0 Å². The maximum Gasteiger partial charge on any atom is 0.171 e. The minimum Gasteiger partial charge on any atom is -0.493 e. The third kappa shape index (κ3) is 2.93. The molecule has 0 fully saturated rings. The number of ether oxygens (including phenoxy) is 3. The van der Waals surface area contributed by atoms with Crippen LogP contribution in [0.3, 0.4) is 0 Å². The smallest absolute Gasteiger partial charge is 0.171 e. The van der Waals surface area contributed by atoms with Gasteiger partial charge in [0, 0.05) is 32.7 Å². The minimum atomic E-state index is 0.703. The zero-order valence-electron chi connectivity index (χ0n) is 12.1. The van der Waals surface area contributed by atoms with Crippen LogP contribution in [0.1, 0.15) is 6.42 Å². The number of aryl methyl sites for hydroxylation is 1. The summed E-state index contributed by atoms with van der Waals surface area (Å²) in [5, 5.41) is 0. The molecule has 0 unspecified atom stereocenters. The highest BCUT2D eigenvalue weighted by Crippen LogP contribution is 2.36. The average Bonchev–Trinajstić information content (AvgIpc) is 2.94. The van der Waals surface area contributed by atoms with E-state index in [0.29, 0.717) is 11.5 Å². The van der Waals surface area contributed by atoms with Crippen LogP contribution in [0.15, 0.2) is 30.6 Å². The molecule has 0 bridgehead atoms. The van der Waals surface area contributed by atoms with Gasteiger partial charge in [0.05, 0.1) is 19.8 Å². The van der Waals surface area contributed by atoms with Crippen LogP contribution < -0.4 is 9.47 Å². The summed E-state index contributed by atoms with van der Waals surface area (Å²) in [6.07, 6.45) is 4.69. The second-order valence-electron chi connectivity index (χ2n) is 4.33. The predicted molar refractivity (Wildman–Crippen MR) is 77.3 cm³/mol. The molecule has 0 saturated heterocycles. The number of benzene rings is 1. The fourth-order valence-electron chi connectivity index (χ4n) is 2.18. The van der Waals surface area contributed by atoms with E-state index in [9.17, 15) is 0 Å². The Labute approximate surface area is 119 Å². The summed E-state index contributed by atoms with van der Waals surface area (Å²) in [6.45, 7) is 1.58. The molecule has 0 atom stereocenters. The number of hydrogen-bond acceptors (Lipinski definition) is 4. The van der Waals surface area contributed by atoms with Crippen LogP contribution in [0.25, 0.3) is 11.4 Å². The van der Waals surface area contributed by atoms with Crippen LogP contribution in [0.2, 0.25) is 0 Å². The quantitative estimate of drug-likeness (QED) is 0.729. The molecule has 0 aliphatic heterocycles. The van der Waals surface area contributed by atoms with E-state index in [0.717, 1.165) is 31.0 Å². The minimum absolute atomic E-state index is 0.703. The van der Waals surface area contributed by atoms with Crippen LogP contribution in [0.5, 0.6) is 11.5 Å². The van der Waals surface area contributed by atoms with Crippen molar-refractivity contribution in [3.05, 3.63) is 30.6 Å². The molecule has 0 radical (unpaired) electrons. The van der Waals surface area contributed by atoms with Crippen molar-refractivity contribution >= 4 is 0 Å². The lowest BCUT2D eigenvalue weighted by molar-refractivity contribution is 0.190. The van der Waals surface area contributed by atoms with Crippen LogP contribution in [0, 0.1) is 0 Å². The lowest BCUT2D eigenvalue weighted by Crippen LogP contribution is -2.03. The van der Waals surface area contributed by atoms with Crippen molar-refractivity contribution in [2.45, 2.75) is 13.0 Å². The summed E-state index contributed by atoms with van der Waals surface area (Å²) in [7, 11) is 4.98. The largest absolute Gasteiger partial charge is 0.493 e. The van der Waals surface area contributed by atoms with Gasteiger partial charge in [0.15, 0.2) is 11.5 Å². The van der Waals surface area contributed by atoms with Gasteiger partial charge in [-0.1, -0.05) is 6.07 Å². The Morgan fingerprint density at radius 1 is 1.15 bits per heavy atom.